The summed E-state index contributed by atoms with van der Waals surface area (Å²) in [6, 6.07) is 4.64. The first-order chi connectivity index (χ1) is 5.84. The Morgan fingerprint density at radius 1 is 1.08 bits per heavy atom. The lowest BCUT2D eigenvalue weighted by Gasteiger charge is -2.21. The monoisotopic (exact) mass is 208 g/mol. The fourth-order valence-electron chi connectivity index (χ4n) is 1.77. The number of hydrogen-bond donors (Lipinski definition) is 0. The molecule has 0 heterocycles. The van der Waals surface area contributed by atoms with Gasteiger partial charge in [0, 0.05) is 10.2 Å². The molecular weight excluding hydrogens is 188 g/mol. The molecule has 0 saturated heterocycles. The van der Waals surface area contributed by atoms with E-state index in [4.69, 9.17) is 0 Å². The Bertz CT molecular complexity index is 322. The van der Waals surface area contributed by atoms with Crippen molar-refractivity contribution in [3.8, 4) is 0 Å². The fourth-order valence-corrected chi connectivity index (χ4v) is 6.48. The van der Waals surface area contributed by atoms with Crippen LogP contribution in [0.4, 0.5) is 0 Å². The molecule has 0 aliphatic carbocycles. The van der Waals surface area contributed by atoms with E-state index >= 15 is 0 Å². The van der Waals surface area contributed by atoms with Crippen molar-refractivity contribution in [1.82, 2.24) is 0 Å². The number of aryl methyl sites for hydroxylation is 1. The molecule has 2 heteroatoms. The lowest BCUT2D eigenvalue weighted by molar-refractivity contribution is 1.37. The molecule has 0 bridgehead atoms. The van der Waals surface area contributed by atoms with Gasteiger partial charge < -0.3 is 0 Å². The van der Waals surface area contributed by atoms with Crippen molar-refractivity contribution in [2.24, 2.45) is 0 Å². The summed E-state index contributed by atoms with van der Waals surface area (Å²) in [5.74, 6) is 0. The van der Waals surface area contributed by atoms with Gasteiger partial charge in [0.25, 0.3) is 0 Å². The quantitative estimate of drug-likeness (QED) is 0.600. The smallest absolute Gasteiger partial charge is 0.0684 e. The van der Waals surface area contributed by atoms with Crippen LogP contribution in [0.5, 0.6) is 0 Å². The molecule has 0 nitrogen and oxygen atoms in total. The highest BCUT2D eigenvalue weighted by atomic mass is 28.3. The first-order valence-electron chi connectivity index (χ1n) is 4.91. The molecule has 0 atom stereocenters. The molecule has 1 rings (SSSR count). The zero-order valence-corrected chi connectivity index (χ0v) is 12.7. The highest BCUT2D eigenvalue weighted by molar-refractivity contribution is 6.91. The predicted octanol–water partition coefficient (Wildman–Crippen LogP) is 0.839. The van der Waals surface area contributed by atoms with Gasteiger partial charge in [-0.1, -0.05) is 47.7 Å². The largest absolute Gasteiger partial charge is 0.0774 e. The van der Waals surface area contributed by atoms with E-state index in [-0.39, 0.29) is 0 Å². The number of hydrogen-bond acceptors (Lipinski definition) is 0. The molecule has 0 saturated carbocycles. The maximum absolute atomic E-state index is 2.43. The van der Waals surface area contributed by atoms with Gasteiger partial charge in [-0.2, -0.15) is 0 Å². The zero-order valence-electron chi connectivity index (χ0n) is 9.65. The van der Waals surface area contributed by atoms with Crippen LogP contribution in [0.25, 0.3) is 0 Å². The summed E-state index contributed by atoms with van der Waals surface area (Å²) in [6.45, 7) is 11.8. The van der Waals surface area contributed by atoms with E-state index in [9.17, 15) is 0 Å². The van der Waals surface area contributed by atoms with Gasteiger partial charge in [-0.25, -0.2) is 0 Å². The van der Waals surface area contributed by atoms with Crippen molar-refractivity contribution in [1.29, 1.82) is 0 Å². The van der Waals surface area contributed by atoms with Crippen molar-refractivity contribution in [2.45, 2.75) is 33.5 Å². The minimum atomic E-state index is -1.10. The normalized spacial score (nSPS) is 12.1. The summed E-state index contributed by atoms with van der Waals surface area (Å²) >= 11 is 0. The minimum absolute atomic E-state index is 1.10. The second kappa shape index (κ2) is 3.42. The van der Waals surface area contributed by atoms with Gasteiger partial charge in [-0.3, -0.25) is 0 Å². The molecule has 0 N–H and O–H groups in total. The van der Waals surface area contributed by atoms with Crippen molar-refractivity contribution in [2.75, 3.05) is 0 Å². The third kappa shape index (κ3) is 2.12. The Morgan fingerprint density at radius 3 is 2.08 bits per heavy atom. The summed E-state index contributed by atoms with van der Waals surface area (Å²) in [7, 11) is 0.0945. The van der Waals surface area contributed by atoms with Crippen LogP contribution in [0.2, 0.25) is 19.6 Å². The standard InChI is InChI=1S/C11H20Si2/c1-8-6-7-10(13(3,4)5)11(12)9(8)2/h6-7H,1-5,12H3. The SMILES string of the molecule is Cc1ccc([Si](C)(C)C)c([SiH3])c1C. The van der Waals surface area contributed by atoms with Gasteiger partial charge in [0.2, 0.25) is 0 Å². The van der Waals surface area contributed by atoms with Crippen molar-refractivity contribution in [3.63, 3.8) is 0 Å². The molecule has 0 fully saturated rings. The van der Waals surface area contributed by atoms with E-state index in [1.165, 1.54) is 21.4 Å². The van der Waals surface area contributed by atoms with Gasteiger partial charge in [0.05, 0.1) is 8.07 Å². The second-order valence-corrected chi connectivity index (χ2v) is 11.0. The summed E-state index contributed by atoms with van der Waals surface area (Å²) in [4.78, 5) is 0. The Morgan fingerprint density at radius 2 is 1.62 bits per heavy atom. The van der Waals surface area contributed by atoms with E-state index in [2.05, 4.69) is 45.6 Å². The molecule has 0 unspecified atom stereocenters. The molecule has 72 valence electrons. The number of rotatable bonds is 1. The van der Waals surface area contributed by atoms with Crippen LogP contribution in [-0.4, -0.2) is 18.3 Å². The lowest BCUT2D eigenvalue weighted by Crippen LogP contribution is -2.48. The maximum atomic E-state index is 2.43. The Labute approximate surface area is 85.8 Å². The van der Waals surface area contributed by atoms with E-state index in [0.717, 1.165) is 0 Å². The Kier molecular flexibility index (Phi) is 2.83. The lowest BCUT2D eigenvalue weighted by atomic mass is 10.1. The van der Waals surface area contributed by atoms with Gasteiger partial charge in [-0.05, 0) is 19.4 Å². The third-order valence-corrected chi connectivity index (χ3v) is 6.81. The maximum Gasteiger partial charge on any atom is 0.0774 e. The molecule has 0 aromatic heterocycles. The highest BCUT2D eigenvalue weighted by Crippen LogP contribution is 2.05. The second-order valence-electron chi connectivity index (χ2n) is 4.93. The van der Waals surface area contributed by atoms with Crippen LogP contribution in [0.15, 0.2) is 12.1 Å². The summed E-state index contributed by atoms with van der Waals surface area (Å²) in [5, 5.41) is 3.32. The third-order valence-electron chi connectivity index (χ3n) is 2.87. The van der Waals surface area contributed by atoms with Crippen molar-refractivity contribution < 1.29 is 0 Å². The van der Waals surface area contributed by atoms with Crippen molar-refractivity contribution in [3.05, 3.63) is 23.3 Å². The Hall–Kier alpha value is -0.346. The van der Waals surface area contributed by atoms with Crippen LogP contribution in [0, 0.1) is 13.8 Å². The topological polar surface area (TPSA) is 0 Å². The molecular formula is C11H20Si2. The van der Waals surface area contributed by atoms with Gasteiger partial charge in [0.15, 0.2) is 0 Å². The molecule has 1 aromatic carbocycles. The van der Waals surface area contributed by atoms with Gasteiger partial charge >= 0.3 is 0 Å². The van der Waals surface area contributed by atoms with Crippen LogP contribution in [-0.2, 0) is 0 Å². The van der Waals surface area contributed by atoms with Gasteiger partial charge in [0.1, 0.15) is 0 Å². The molecule has 0 radical (unpaired) electrons. The predicted molar refractivity (Wildman–Crippen MR) is 68.5 cm³/mol. The summed E-state index contributed by atoms with van der Waals surface area (Å²) in [6.07, 6.45) is 0. The van der Waals surface area contributed by atoms with E-state index in [0.29, 0.717) is 0 Å². The molecule has 1 aromatic rings. The van der Waals surface area contributed by atoms with Crippen LogP contribution >= 0.6 is 0 Å². The summed E-state index contributed by atoms with van der Waals surface area (Å²) in [5.41, 5.74) is 2.98. The molecule has 0 aliphatic heterocycles. The van der Waals surface area contributed by atoms with Crippen LogP contribution < -0.4 is 10.4 Å². The minimum Gasteiger partial charge on any atom is -0.0684 e. The number of benzene rings is 1. The zero-order chi connectivity index (χ0) is 10.2. The highest BCUT2D eigenvalue weighted by Gasteiger charge is 2.19. The van der Waals surface area contributed by atoms with E-state index < -0.39 is 8.07 Å². The first kappa shape index (κ1) is 10.7. The molecule has 0 spiro atoms. The first-order valence-corrected chi connectivity index (χ1v) is 9.41. The molecule has 0 aliphatic rings. The average Bonchev–Trinajstić information content (AvgIpc) is 1.98. The van der Waals surface area contributed by atoms with Crippen LogP contribution in [0.3, 0.4) is 0 Å². The molecule has 0 amide bonds. The fraction of sp³-hybridized carbons (Fsp3) is 0.455. The summed E-state index contributed by atoms with van der Waals surface area (Å²) < 4.78 is 0. The van der Waals surface area contributed by atoms with E-state index in [1.54, 1.807) is 10.4 Å². The average molecular weight is 208 g/mol. The van der Waals surface area contributed by atoms with Crippen molar-refractivity contribution >= 4 is 28.7 Å². The van der Waals surface area contributed by atoms with Gasteiger partial charge in [-0.15, -0.1) is 0 Å². The van der Waals surface area contributed by atoms with E-state index in [1.807, 2.05) is 0 Å². The Balaban J connectivity index is 3.35. The molecule has 13 heavy (non-hydrogen) atoms. The van der Waals surface area contributed by atoms with Crippen LogP contribution in [0.1, 0.15) is 11.1 Å².